The van der Waals surface area contributed by atoms with Gasteiger partial charge in [-0.3, -0.25) is 4.79 Å². The number of furan rings is 1. The van der Waals surface area contributed by atoms with Gasteiger partial charge in [-0.25, -0.2) is 0 Å². The molecule has 0 spiro atoms. The van der Waals surface area contributed by atoms with Crippen LogP contribution in [-0.2, 0) is 11.2 Å². The summed E-state index contributed by atoms with van der Waals surface area (Å²) in [4.78, 5) is 15.0. The summed E-state index contributed by atoms with van der Waals surface area (Å²) in [5, 5.41) is 0. The molecular weight excluding hydrogens is 338 g/mol. The Morgan fingerprint density at radius 2 is 1.85 bits per heavy atom. The van der Waals surface area contributed by atoms with Crippen molar-refractivity contribution >= 4 is 5.91 Å². The third kappa shape index (κ3) is 4.05. The highest BCUT2D eigenvalue weighted by molar-refractivity contribution is 5.77. The van der Waals surface area contributed by atoms with Gasteiger partial charge in [-0.05, 0) is 68.0 Å². The van der Waals surface area contributed by atoms with Crippen LogP contribution in [0, 0.1) is 5.92 Å². The molecule has 2 atom stereocenters. The zero-order chi connectivity index (χ0) is 18.6. The van der Waals surface area contributed by atoms with E-state index in [9.17, 15) is 4.79 Å². The number of benzene rings is 1. The summed E-state index contributed by atoms with van der Waals surface area (Å²) in [5.41, 5.74) is 1.02. The van der Waals surface area contributed by atoms with E-state index < -0.39 is 0 Å². The molecule has 1 saturated carbocycles. The number of amides is 1. The van der Waals surface area contributed by atoms with Crippen LogP contribution >= 0.6 is 0 Å². The highest BCUT2D eigenvalue weighted by atomic mass is 16.5. The van der Waals surface area contributed by atoms with Gasteiger partial charge >= 0.3 is 0 Å². The van der Waals surface area contributed by atoms with Gasteiger partial charge in [0.1, 0.15) is 17.3 Å². The van der Waals surface area contributed by atoms with Gasteiger partial charge in [0.15, 0.2) is 0 Å². The molecule has 1 aliphatic heterocycles. The molecule has 0 radical (unpaired) electrons. The molecule has 1 amide bonds. The molecule has 1 saturated heterocycles. The highest BCUT2D eigenvalue weighted by Crippen LogP contribution is 2.35. The van der Waals surface area contributed by atoms with Crippen molar-refractivity contribution in [2.24, 2.45) is 5.92 Å². The predicted octanol–water partition coefficient (Wildman–Crippen LogP) is 5.07. The number of fused-ring (bicyclic) bond motifs is 1. The Morgan fingerprint density at radius 1 is 1.07 bits per heavy atom. The van der Waals surface area contributed by atoms with Crippen LogP contribution in [0.2, 0.25) is 0 Å². The fourth-order valence-corrected chi connectivity index (χ4v) is 4.73. The first kappa shape index (κ1) is 18.1. The number of carbonyl (C=O) groups excluding carboxylic acids is 1. The lowest BCUT2D eigenvalue weighted by molar-refractivity contribution is -0.137. The minimum absolute atomic E-state index is 0.300. The van der Waals surface area contributed by atoms with E-state index in [1.807, 2.05) is 36.4 Å². The average molecular weight is 367 g/mol. The summed E-state index contributed by atoms with van der Waals surface area (Å²) in [5.74, 6) is 3.59. The summed E-state index contributed by atoms with van der Waals surface area (Å²) in [6.45, 7) is 0.940. The van der Waals surface area contributed by atoms with Crippen LogP contribution in [0.1, 0.15) is 50.7 Å². The van der Waals surface area contributed by atoms with Crippen LogP contribution in [-0.4, -0.2) is 30.5 Å². The zero-order valence-electron chi connectivity index (χ0n) is 16.2. The number of ether oxygens (including phenoxy) is 1. The van der Waals surface area contributed by atoms with E-state index in [2.05, 4.69) is 4.90 Å². The maximum atomic E-state index is 12.8. The van der Waals surface area contributed by atoms with Gasteiger partial charge in [-0.15, -0.1) is 0 Å². The Labute approximate surface area is 161 Å². The summed E-state index contributed by atoms with van der Waals surface area (Å²) in [7, 11) is 1.66. The van der Waals surface area contributed by atoms with E-state index >= 15 is 0 Å². The SMILES string of the molecule is COc1ccc(-c2ccc(CCC(=O)N3CCCC4CCCCC43)o2)cc1. The molecule has 2 aliphatic rings. The predicted molar refractivity (Wildman–Crippen MR) is 106 cm³/mol. The number of hydrogen-bond donors (Lipinski definition) is 0. The van der Waals surface area contributed by atoms with E-state index in [0.29, 0.717) is 24.8 Å². The van der Waals surface area contributed by atoms with Gasteiger partial charge in [0, 0.05) is 31.0 Å². The monoisotopic (exact) mass is 367 g/mol. The van der Waals surface area contributed by atoms with Crippen LogP contribution in [0.3, 0.4) is 0 Å². The number of methoxy groups -OCH3 is 1. The minimum Gasteiger partial charge on any atom is -0.497 e. The van der Waals surface area contributed by atoms with E-state index in [-0.39, 0.29) is 0 Å². The van der Waals surface area contributed by atoms with Gasteiger partial charge in [-0.1, -0.05) is 12.8 Å². The van der Waals surface area contributed by atoms with Crippen molar-refractivity contribution in [2.45, 2.75) is 57.4 Å². The van der Waals surface area contributed by atoms with E-state index in [0.717, 1.165) is 41.7 Å². The van der Waals surface area contributed by atoms with Crippen LogP contribution in [0.25, 0.3) is 11.3 Å². The lowest BCUT2D eigenvalue weighted by Crippen LogP contribution is -2.49. The molecule has 4 nitrogen and oxygen atoms in total. The first-order valence-corrected chi connectivity index (χ1v) is 10.3. The molecular formula is C23H29NO3. The van der Waals surface area contributed by atoms with Crippen LogP contribution in [0.15, 0.2) is 40.8 Å². The average Bonchev–Trinajstić information content (AvgIpc) is 3.20. The number of piperidine rings is 1. The summed E-state index contributed by atoms with van der Waals surface area (Å²) < 4.78 is 11.2. The fraction of sp³-hybridized carbons (Fsp3) is 0.522. The Balaban J connectivity index is 1.35. The molecule has 2 unspecified atom stereocenters. The molecule has 1 aromatic heterocycles. The third-order valence-corrected chi connectivity index (χ3v) is 6.19. The normalized spacial score (nSPS) is 22.3. The van der Waals surface area contributed by atoms with Crippen molar-refractivity contribution in [3.8, 4) is 17.1 Å². The van der Waals surface area contributed by atoms with Gasteiger partial charge in [0.25, 0.3) is 0 Å². The Kier molecular flexibility index (Phi) is 5.51. The molecule has 1 aliphatic carbocycles. The van der Waals surface area contributed by atoms with Crippen molar-refractivity contribution in [1.29, 1.82) is 0 Å². The van der Waals surface area contributed by atoms with Gasteiger partial charge in [0.05, 0.1) is 7.11 Å². The first-order chi connectivity index (χ1) is 13.2. The molecule has 27 heavy (non-hydrogen) atoms. The highest BCUT2D eigenvalue weighted by Gasteiger charge is 2.35. The molecule has 2 aromatic rings. The second-order valence-electron chi connectivity index (χ2n) is 7.84. The first-order valence-electron chi connectivity index (χ1n) is 10.3. The summed E-state index contributed by atoms with van der Waals surface area (Å²) in [6, 6.07) is 12.3. The van der Waals surface area contributed by atoms with Gasteiger partial charge in [-0.2, -0.15) is 0 Å². The van der Waals surface area contributed by atoms with E-state index in [1.165, 1.54) is 32.1 Å². The fourth-order valence-electron chi connectivity index (χ4n) is 4.73. The Hall–Kier alpha value is -2.23. The summed E-state index contributed by atoms with van der Waals surface area (Å²) >= 11 is 0. The molecule has 0 N–H and O–H groups in total. The number of carbonyl (C=O) groups is 1. The molecule has 0 bridgehead atoms. The van der Waals surface area contributed by atoms with Crippen molar-refractivity contribution in [2.75, 3.05) is 13.7 Å². The lowest BCUT2D eigenvalue weighted by atomic mass is 9.78. The van der Waals surface area contributed by atoms with Crippen LogP contribution in [0.4, 0.5) is 0 Å². The van der Waals surface area contributed by atoms with Crippen molar-refractivity contribution in [3.63, 3.8) is 0 Å². The number of nitrogens with zero attached hydrogens (tertiary/aromatic N) is 1. The summed E-state index contributed by atoms with van der Waals surface area (Å²) in [6.07, 6.45) is 8.78. The second kappa shape index (κ2) is 8.20. The van der Waals surface area contributed by atoms with Gasteiger partial charge in [0.2, 0.25) is 5.91 Å². The Morgan fingerprint density at radius 3 is 2.67 bits per heavy atom. The number of likely N-dealkylation sites (tertiary alicyclic amines) is 1. The molecule has 2 fully saturated rings. The quantitative estimate of drug-likeness (QED) is 0.741. The van der Waals surface area contributed by atoms with Crippen molar-refractivity contribution in [1.82, 2.24) is 4.90 Å². The minimum atomic E-state index is 0.300. The molecule has 2 heterocycles. The van der Waals surface area contributed by atoms with Crippen molar-refractivity contribution in [3.05, 3.63) is 42.2 Å². The van der Waals surface area contributed by atoms with Crippen LogP contribution < -0.4 is 4.74 Å². The topological polar surface area (TPSA) is 42.7 Å². The van der Waals surface area contributed by atoms with Crippen molar-refractivity contribution < 1.29 is 13.9 Å². The molecule has 144 valence electrons. The van der Waals surface area contributed by atoms with Gasteiger partial charge < -0.3 is 14.1 Å². The Bertz CT molecular complexity index is 762. The second-order valence-corrected chi connectivity index (χ2v) is 7.84. The molecule has 4 rings (SSSR count). The molecule has 4 heteroatoms. The zero-order valence-corrected chi connectivity index (χ0v) is 16.2. The van der Waals surface area contributed by atoms with Crippen LogP contribution in [0.5, 0.6) is 5.75 Å². The van der Waals surface area contributed by atoms with E-state index in [1.54, 1.807) is 7.11 Å². The largest absolute Gasteiger partial charge is 0.497 e. The lowest BCUT2D eigenvalue weighted by Gasteiger charge is -2.44. The maximum Gasteiger partial charge on any atom is 0.223 e. The number of aryl methyl sites for hydroxylation is 1. The molecule has 1 aromatic carbocycles. The maximum absolute atomic E-state index is 12.8. The third-order valence-electron chi connectivity index (χ3n) is 6.19. The smallest absolute Gasteiger partial charge is 0.223 e. The van der Waals surface area contributed by atoms with E-state index in [4.69, 9.17) is 9.15 Å². The number of hydrogen-bond acceptors (Lipinski definition) is 3. The standard InChI is InChI=1S/C23H29NO3/c1-26-19-10-8-18(9-11-19)22-14-12-20(27-22)13-15-23(25)24-16-4-6-17-5-2-3-7-21(17)24/h8-12,14,17,21H,2-7,13,15-16H2,1H3. The number of rotatable bonds is 5.